The Labute approximate surface area is 162 Å². The lowest BCUT2D eigenvalue weighted by Gasteiger charge is -2.18. The summed E-state index contributed by atoms with van der Waals surface area (Å²) in [5.74, 6) is 0.315. The van der Waals surface area contributed by atoms with Crippen molar-refractivity contribution < 1.29 is 16.8 Å². The first-order chi connectivity index (χ1) is 12.6. The first-order valence-corrected chi connectivity index (χ1v) is 11.8. The van der Waals surface area contributed by atoms with Gasteiger partial charge in [0, 0.05) is 18.8 Å². The smallest absolute Gasteiger partial charge is 0.261 e. The highest BCUT2D eigenvalue weighted by molar-refractivity contribution is 7.92. The summed E-state index contributed by atoms with van der Waals surface area (Å²) >= 11 is 0. The van der Waals surface area contributed by atoms with E-state index in [4.69, 9.17) is 0 Å². The molecule has 2 aromatic rings. The number of rotatable bonds is 8. The van der Waals surface area contributed by atoms with Crippen LogP contribution in [0.1, 0.15) is 39.2 Å². The van der Waals surface area contributed by atoms with Crippen LogP contribution in [-0.4, -0.2) is 34.2 Å². The molecule has 0 aliphatic heterocycles. The average molecular weight is 411 g/mol. The van der Waals surface area contributed by atoms with Crippen molar-refractivity contribution in [3.8, 4) is 0 Å². The quantitative estimate of drug-likeness (QED) is 0.720. The molecule has 0 aromatic heterocycles. The SMILES string of the molecule is CCN(CC)S(=O)(=O)c1ccc(NS(=O)(=O)c2ccc(C(C)C)cc2)cc1. The fourth-order valence-corrected chi connectivity index (χ4v) is 5.17. The molecule has 0 saturated carbocycles. The van der Waals surface area contributed by atoms with Crippen LogP contribution in [-0.2, 0) is 20.0 Å². The van der Waals surface area contributed by atoms with E-state index >= 15 is 0 Å². The lowest BCUT2D eigenvalue weighted by molar-refractivity contribution is 0.445. The summed E-state index contributed by atoms with van der Waals surface area (Å²) in [6.07, 6.45) is 0. The second-order valence-electron chi connectivity index (χ2n) is 6.44. The minimum atomic E-state index is -3.74. The molecule has 148 valence electrons. The van der Waals surface area contributed by atoms with Gasteiger partial charge in [-0.25, -0.2) is 16.8 Å². The van der Waals surface area contributed by atoms with Crippen LogP contribution in [0.15, 0.2) is 58.3 Å². The zero-order valence-corrected chi connectivity index (χ0v) is 17.6. The summed E-state index contributed by atoms with van der Waals surface area (Å²) in [5.41, 5.74) is 1.36. The summed E-state index contributed by atoms with van der Waals surface area (Å²) in [5, 5.41) is 0. The molecule has 0 radical (unpaired) electrons. The van der Waals surface area contributed by atoms with Gasteiger partial charge in [-0.05, 0) is 47.9 Å². The molecule has 0 aliphatic carbocycles. The van der Waals surface area contributed by atoms with Crippen molar-refractivity contribution in [2.75, 3.05) is 17.8 Å². The van der Waals surface area contributed by atoms with Gasteiger partial charge >= 0.3 is 0 Å². The summed E-state index contributed by atoms with van der Waals surface area (Å²) in [7, 11) is -7.31. The number of benzene rings is 2. The molecule has 8 heteroatoms. The van der Waals surface area contributed by atoms with Gasteiger partial charge in [-0.2, -0.15) is 4.31 Å². The van der Waals surface area contributed by atoms with Crippen LogP contribution >= 0.6 is 0 Å². The number of hydrogen-bond donors (Lipinski definition) is 1. The van der Waals surface area contributed by atoms with Gasteiger partial charge in [0.25, 0.3) is 10.0 Å². The Morgan fingerprint density at radius 1 is 0.815 bits per heavy atom. The third-order valence-electron chi connectivity index (χ3n) is 4.31. The van der Waals surface area contributed by atoms with Crippen molar-refractivity contribution in [3.63, 3.8) is 0 Å². The molecular formula is C19H26N2O4S2. The second-order valence-corrected chi connectivity index (χ2v) is 10.1. The van der Waals surface area contributed by atoms with Gasteiger partial charge in [0.15, 0.2) is 0 Å². The van der Waals surface area contributed by atoms with Crippen LogP contribution in [0.5, 0.6) is 0 Å². The van der Waals surface area contributed by atoms with Crippen molar-refractivity contribution in [1.29, 1.82) is 0 Å². The number of anilines is 1. The molecule has 27 heavy (non-hydrogen) atoms. The van der Waals surface area contributed by atoms with E-state index < -0.39 is 20.0 Å². The van der Waals surface area contributed by atoms with Crippen molar-refractivity contribution >= 4 is 25.7 Å². The second kappa shape index (κ2) is 8.41. The van der Waals surface area contributed by atoms with E-state index in [1.165, 1.54) is 28.6 Å². The van der Waals surface area contributed by atoms with Gasteiger partial charge in [-0.3, -0.25) is 4.72 Å². The zero-order valence-electron chi connectivity index (χ0n) is 16.0. The Kier molecular flexibility index (Phi) is 6.67. The lowest BCUT2D eigenvalue weighted by Crippen LogP contribution is -2.30. The molecule has 0 aliphatic rings. The molecule has 0 unspecified atom stereocenters. The van der Waals surface area contributed by atoms with Crippen molar-refractivity contribution in [1.82, 2.24) is 4.31 Å². The third kappa shape index (κ3) is 4.88. The molecule has 6 nitrogen and oxygen atoms in total. The lowest BCUT2D eigenvalue weighted by atomic mass is 10.0. The van der Waals surface area contributed by atoms with Crippen LogP contribution in [0.4, 0.5) is 5.69 Å². The van der Waals surface area contributed by atoms with Crippen LogP contribution in [0, 0.1) is 0 Å². The van der Waals surface area contributed by atoms with Crippen LogP contribution < -0.4 is 4.72 Å². The Morgan fingerprint density at radius 2 is 1.30 bits per heavy atom. The minimum Gasteiger partial charge on any atom is -0.280 e. The van der Waals surface area contributed by atoms with Gasteiger partial charge in [0.1, 0.15) is 0 Å². The summed E-state index contributed by atoms with van der Waals surface area (Å²) in [4.78, 5) is 0.294. The zero-order chi connectivity index (χ0) is 20.2. The maximum Gasteiger partial charge on any atom is 0.261 e. The molecule has 0 spiro atoms. The minimum absolute atomic E-state index is 0.135. The standard InChI is InChI=1S/C19H26N2O4S2/c1-5-21(6-2)27(24,25)19-13-9-17(10-14-19)20-26(22,23)18-11-7-16(8-12-18)15(3)4/h7-15,20H,5-6H2,1-4H3. The first-order valence-electron chi connectivity index (χ1n) is 8.84. The molecular weight excluding hydrogens is 384 g/mol. The van der Waals surface area contributed by atoms with E-state index in [0.29, 0.717) is 24.7 Å². The topological polar surface area (TPSA) is 83.6 Å². The fraction of sp³-hybridized carbons (Fsp3) is 0.368. The predicted octanol–water partition coefficient (Wildman–Crippen LogP) is 3.64. The number of sulfonamides is 2. The largest absolute Gasteiger partial charge is 0.280 e. The molecule has 2 rings (SSSR count). The van der Waals surface area contributed by atoms with Gasteiger partial charge in [-0.15, -0.1) is 0 Å². The van der Waals surface area contributed by atoms with Crippen molar-refractivity contribution in [2.45, 2.75) is 43.4 Å². The van der Waals surface area contributed by atoms with E-state index in [-0.39, 0.29) is 9.79 Å². The van der Waals surface area contributed by atoms with E-state index in [9.17, 15) is 16.8 Å². The Morgan fingerprint density at radius 3 is 1.74 bits per heavy atom. The van der Waals surface area contributed by atoms with Gasteiger partial charge in [-0.1, -0.05) is 39.8 Å². The summed E-state index contributed by atoms with van der Waals surface area (Å²) in [6.45, 7) is 8.37. The highest BCUT2D eigenvalue weighted by atomic mass is 32.2. The fourth-order valence-electron chi connectivity index (χ4n) is 2.65. The number of hydrogen-bond acceptors (Lipinski definition) is 4. The van der Waals surface area contributed by atoms with Crippen LogP contribution in [0.3, 0.4) is 0 Å². The predicted molar refractivity (Wildman–Crippen MR) is 108 cm³/mol. The van der Waals surface area contributed by atoms with E-state index in [2.05, 4.69) is 4.72 Å². The highest BCUT2D eigenvalue weighted by Gasteiger charge is 2.21. The summed E-state index contributed by atoms with van der Waals surface area (Å²) in [6, 6.07) is 12.4. The Balaban J connectivity index is 2.22. The Bertz CT molecular complexity index is 961. The number of nitrogens with zero attached hydrogens (tertiary/aromatic N) is 1. The molecule has 0 fully saturated rings. The molecule has 1 N–H and O–H groups in total. The molecule has 0 atom stereocenters. The van der Waals surface area contributed by atoms with Crippen molar-refractivity contribution in [2.24, 2.45) is 0 Å². The third-order valence-corrected chi connectivity index (χ3v) is 7.77. The maximum atomic E-state index is 12.5. The maximum absolute atomic E-state index is 12.5. The number of nitrogens with one attached hydrogen (secondary N) is 1. The molecule has 0 bridgehead atoms. The first kappa shape index (κ1) is 21.4. The van der Waals surface area contributed by atoms with E-state index in [1.54, 1.807) is 38.1 Å². The van der Waals surface area contributed by atoms with Crippen molar-refractivity contribution in [3.05, 3.63) is 54.1 Å². The summed E-state index contributed by atoms with van der Waals surface area (Å²) < 4.78 is 53.9. The normalized spacial score (nSPS) is 12.5. The van der Waals surface area contributed by atoms with Gasteiger partial charge in [0.2, 0.25) is 10.0 Å². The molecule has 0 amide bonds. The van der Waals surface area contributed by atoms with Crippen LogP contribution in [0.2, 0.25) is 0 Å². The highest BCUT2D eigenvalue weighted by Crippen LogP contribution is 2.22. The van der Waals surface area contributed by atoms with Gasteiger partial charge < -0.3 is 0 Å². The van der Waals surface area contributed by atoms with E-state index in [0.717, 1.165) is 5.56 Å². The van der Waals surface area contributed by atoms with Gasteiger partial charge in [0.05, 0.1) is 9.79 Å². The Hall–Kier alpha value is -1.90. The average Bonchev–Trinajstić information content (AvgIpc) is 2.62. The molecule has 2 aromatic carbocycles. The van der Waals surface area contributed by atoms with Crippen LogP contribution in [0.25, 0.3) is 0 Å². The molecule has 0 saturated heterocycles. The van der Waals surface area contributed by atoms with E-state index in [1.807, 2.05) is 13.8 Å². The monoisotopic (exact) mass is 410 g/mol. The molecule has 0 heterocycles.